The second-order valence-electron chi connectivity index (χ2n) is 15.8. The highest BCUT2D eigenvalue weighted by molar-refractivity contribution is 6.28. The van der Waals surface area contributed by atoms with Gasteiger partial charge in [0.1, 0.15) is 0 Å². The van der Waals surface area contributed by atoms with Crippen LogP contribution < -0.4 is 0 Å². The Morgan fingerprint density at radius 1 is 0.295 bits per heavy atom. The van der Waals surface area contributed by atoms with Gasteiger partial charge >= 0.3 is 0 Å². The quantitative estimate of drug-likeness (QED) is 0.168. The van der Waals surface area contributed by atoms with Crippen molar-refractivity contribution in [2.75, 3.05) is 0 Å². The third-order valence-electron chi connectivity index (χ3n) is 12.2. The number of fused-ring (bicyclic) bond motifs is 8. The lowest BCUT2D eigenvalue weighted by atomic mass is 9.93. The Labute approximate surface area is 353 Å². The molecule has 12 aromatic rings. The fourth-order valence-electron chi connectivity index (χ4n) is 9.22. The molecular weight excluding hydrogens is 739 g/mol. The smallest absolute Gasteiger partial charge is 0.160 e. The van der Waals surface area contributed by atoms with Crippen molar-refractivity contribution in [3.63, 3.8) is 0 Å². The van der Waals surface area contributed by atoms with Gasteiger partial charge in [0.15, 0.2) is 5.82 Å². The molecule has 12 rings (SSSR count). The summed E-state index contributed by atoms with van der Waals surface area (Å²) < 4.78 is 2.40. The van der Waals surface area contributed by atoms with Crippen LogP contribution in [0.4, 0.5) is 0 Å². The zero-order valence-electron chi connectivity index (χ0n) is 33.2. The van der Waals surface area contributed by atoms with Crippen molar-refractivity contribution in [2.45, 2.75) is 0 Å². The van der Waals surface area contributed by atoms with Crippen molar-refractivity contribution in [1.82, 2.24) is 14.5 Å². The fraction of sp³-hybridized carbons (Fsp3) is 0. The molecule has 0 aliphatic heterocycles. The molecule has 0 aliphatic rings. The van der Waals surface area contributed by atoms with E-state index in [0.29, 0.717) is 5.82 Å². The highest BCUT2D eigenvalue weighted by Gasteiger charge is 2.18. The van der Waals surface area contributed by atoms with E-state index >= 15 is 0 Å². The molecule has 0 spiro atoms. The summed E-state index contributed by atoms with van der Waals surface area (Å²) in [4.78, 5) is 10.4. The van der Waals surface area contributed by atoms with Gasteiger partial charge in [-0.25, -0.2) is 9.97 Å². The van der Waals surface area contributed by atoms with Crippen molar-refractivity contribution in [1.29, 1.82) is 0 Å². The molecule has 284 valence electrons. The molecule has 0 aliphatic carbocycles. The van der Waals surface area contributed by atoms with Gasteiger partial charge in [-0.15, -0.1) is 0 Å². The van der Waals surface area contributed by atoms with E-state index in [9.17, 15) is 0 Å². The minimum atomic E-state index is 0.701. The van der Waals surface area contributed by atoms with Crippen LogP contribution in [0.25, 0.3) is 116 Å². The van der Waals surface area contributed by atoms with Crippen LogP contribution in [-0.4, -0.2) is 14.5 Å². The fourth-order valence-corrected chi connectivity index (χ4v) is 9.22. The minimum Gasteiger partial charge on any atom is -0.309 e. The van der Waals surface area contributed by atoms with Crippen LogP contribution in [0.1, 0.15) is 0 Å². The van der Waals surface area contributed by atoms with E-state index in [-0.39, 0.29) is 0 Å². The summed E-state index contributed by atoms with van der Waals surface area (Å²) in [6.07, 6.45) is 0. The number of nitrogens with zero attached hydrogens (tertiary/aromatic N) is 3. The third kappa shape index (κ3) is 5.98. The van der Waals surface area contributed by atoms with Crippen LogP contribution in [0.3, 0.4) is 0 Å². The molecule has 0 atom stereocenters. The summed E-state index contributed by atoms with van der Waals surface area (Å²) in [7, 11) is 0. The Kier molecular flexibility index (Phi) is 8.17. The van der Waals surface area contributed by atoms with Gasteiger partial charge in [-0.2, -0.15) is 0 Å². The summed E-state index contributed by atoms with van der Waals surface area (Å²) in [6.45, 7) is 0. The Balaban J connectivity index is 0.947. The van der Waals surface area contributed by atoms with Gasteiger partial charge in [0.2, 0.25) is 0 Å². The van der Waals surface area contributed by atoms with Crippen LogP contribution in [0.5, 0.6) is 0 Å². The van der Waals surface area contributed by atoms with E-state index in [1.165, 1.54) is 71.2 Å². The average molecular weight is 776 g/mol. The number of hydrogen-bond acceptors (Lipinski definition) is 2. The molecule has 0 bridgehead atoms. The van der Waals surface area contributed by atoms with Gasteiger partial charge < -0.3 is 4.57 Å². The summed E-state index contributed by atoms with van der Waals surface area (Å²) >= 11 is 0. The standard InChI is InChI=1S/C58H37N3/c1-3-13-38(14-4-1)45-35-46(39-15-5-2-6-16-39)37-47(36-45)40-23-25-43(26-24-40)57-51-21-11-12-22-52(51)59-58(60-57)44-27-31-48(32-28-44)61-53-33-29-41-17-7-9-19-49(41)55(53)56-50-20-10-8-18-42(50)30-34-54(56)61/h1-37H. The second-order valence-corrected chi connectivity index (χ2v) is 15.8. The van der Waals surface area contributed by atoms with E-state index in [4.69, 9.17) is 9.97 Å². The van der Waals surface area contributed by atoms with Gasteiger partial charge in [-0.1, -0.05) is 164 Å². The first-order valence-corrected chi connectivity index (χ1v) is 20.8. The number of aromatic nitrogens is 3. The summed E-state index contributed by atoms with van der Waals surface area (Å²) in [5.74, 6) is 0.701. The van der Waals surface area contributed by atoms with Crippen LogP contribution >= 0.6 is 0 Å². The predicted molar refractivity (Wildman–Crippen MR) is 256 cm³/mol. The first kappa shape index (κ1) is 34.9. The van der Waals surface area contributed by atoms with Crippen LogP contribution in [0.15, 0.2) is 224 Å². The lowest BCUT2D eigenvalue weighted by Crippen LogP contribution is -1.97. The van der Waals surface area contributed by atoms with E-state index in [0.717, 1.165) is 39.0 Å². The first-order chi connectivity index (χ1) is 30.2. The maximum atomic E-state index is 5.29. The van der Waals surface area contributed by atoms with Gasteiger partial charge in [-0.3, -0.25) is 0 Å². The molecule has 2 heterocycles. The minimum absolute atomic E-state index is 0.701. The molecule has 0 radical (unpaired) electrons. The van der Waals surface area contributed by atoms with Crippen LogP contribution in [0.2, 0.25) is 0 Å². The predicted octanol–water partition coefficient (Wildman–Crippen LogP) is 15.4. The maximum absolute atomic E-state index is 5.29. The highest BCUT2D eigenvalue weighted by Crippen LogP contribution is 2.41. The van der Waals surface area contributed by atoms with Crippen LogP contribution in [0, 0.1) is 0 Å². The molecule has 3 heteroatoms. The molecule has 0 saturated heterocycles. The molecule has 61 heavy (non-hydrogen) atoms. The number of para-hydroxylation sites is 1. The third-order valence-corrected chi connectivity index (χ3v) is 12.2. The summed E-state index contributed by atoms with van der Waals surface area (Å²) in [5.41, 5.74) is 14.4. The molecule has 10 aromatic carbocycles. The first-order valence-electron chi connectivity index (χ1n) is 20.8. The summed E-state index contributed by atoms with van der Waals surface area (Å²) in [5, 5.41) is 8.60. The lowest BCUT2D eigenvalue weighted by Gasteiger charge is -2.13. The van der Waals surface area contributed by atoms with E-state index in [1.807, 2.05) is 0 Å². The molecule has 0 unspecified atom stereocenters. The van der Waals surface area contributed by atoms with E-state index in [2.05, 4.69) is 229 Å². The zero-order chi connectivity index (χ0) is 40.3. The SMILES string of the molecule is c1ccc(-c2cc(-c3ccccc3)cc(-c3ccc(-c4nc(-c5ccc(-n6c7ccc8ccccc8c7c7c8ccccc8ccc76)cc5)nc5ccccc45)cc3)c2)cc1. The Morgan fingerprint density at radius 3 is 1.30 bits per heavy atom. The number of benzene rings is 10. The monoisotopic (exact) mass is 775 g/mol. The second kappa shape index (κ2) is 14.3. The molecule has 0 amide bonds. The van der Waals surface area contributed by atoms with Crippen molar-refractivity contribution < 1.29 is 0 Å². The highest BCUT2D eigenvalue weighted by atomic mass is 15.0. The topological polar surface area (TPSA) is 30.7 Å². The normalized spacial score (nSPS) is 11.6. The van der Waals surface area contributed by atoms with Crippen molar-refractivity contribution in [3.05, 3.63) is 224 Å². The van der Waals surface area contributed by atoms with Gasteiger partial charge in [0.05, 0.1) is 22.2 Å². The summed E-state index contributed by atoms with van der Waals surface area (Å²) in [6, 6.07) is 80.5. The Bertz CT molecular complexity index is 3460. The molecule has 0 N–H and O–H groups in total. The van der Waals surface area contributed by atoms with E-state index < -0.39 is 0 Å². The zero-order valence-corrected chi connectivity index (χ0v) is 33.2. The number of rotatable bonds is 6. The number of hydrogen-bond donors (Lipinski definition) is 0. The van der Waals surface area contributed by atoms with Gasteiger partial charge in [0, 0.05) is 33.0 Å². The van der Waals surface area contributed by atoms with Crippen molar-refractivity contribution in [2.24, 2.45) is 0 Å². The molecule has 0 fully saturated rings. The lowest BCUT2D eigenvalue weighted by molar-refractivity contribution is 1.17. The van der Waals surface area contributed by atoms with Crippen molar-refractivity contribution >= 4 is 54.3 Å². The Morgan fingerprint density at radius 2 is 0.738 bits per heavy atom. The van der Waals surface area contributed by atoms with Gasteiger partial charge in [-0.05, 0) is 116 Å². The van der Waals surface area contributed by atoms with E-state index in [1.54, 1.807) is 0 Å². The van der Waals surface area contributed by atoms with Gasteiger partial charge in [0.25, 0.3) is 0 Å². The van der Waals surface area contributed by atoms with Crippen LogP contribution in [-0.2, 0) is 0 Å². The maximum Gasteiger partial charge on any atom is 0.160 e. The molecule has 3 nitrogen and oxygen atoms in total. The largest absolute Gasteiger partial charge is 0.309 e. The molecule has 0 saturated carbocycles. The molecule has 2 aromatic heterocycles. The average Bonchev–Trinajstić information content (AvgIpc) is 3.70. The van der Waals surface area contributed by atoms with Crippen molar-refractivity contribution in [3.8, 4) is 61.7 Å². The molecular formula is C58H37N3. The Hall–Kier alpha value is -8.14.